The van der Waals surface area contributed by atoms with E-state index in [-0.39, 0.29) is 30.8 Å². The second-order valence-electron chi connectivity index (χ2n) is 5.85. The molecule has 0 bridgehead atoms. The Labute approximate surface area is 166 Å². The third kappa shape index (κ3) is 6.27. The molecule has 6 nitrogen and oxygen atoms in total. The van der Waals surface area contributed by atoms with Crippen LogP contribution < -0.4 is 20.3 Å². The number of rotatable bonds is 8. The smallest absolute Gasteiger partial charge is 0.253 e. The number of hydrogen-bond donors (Lipinski definition) is 2. The Balaban J connectivity index is 0.00000364. The largest absolute Gasteiger partial charge is 0.497 e. The van der Waals surface area contributed by atoms with E-state index in [9.17, 15) is 9.59 Å². The molecule has 0 radical (unpaired) electrons. The van der Waals surface area contributed by atoms with Gasteiger partial charge in [-0.25, -0.2) is 0 Å². The number of methoxy groups -OCH3 is 1. The zero-order valence-electron chi connectivity index (χ0n) is 15.8. The van der Waals surface area contributed by atoms with Gasteiger partial charge in [-0.3, -0.25) is 9.59 Å². The number of anilines is 1. The molecule has 0 saturated heterocycles. The van der Waals surface area contributed by atoms with Gasteiger partial charge in [0.1, 0.15) is 5.75 Å². The molecule has 0 aliphatic carbocycles. The van der Waals surface area contributed by atoms with Crippen LogP contribution in [0.25, 0.3) is 0 Å². The molecule has 0 atom stereocenters. The summed E-state index contributed by atoms with van der Waals surface area (Å²) in [4.78, 5) is 26.1. The average Bonchev–Trinajstić information content (AvgIpc) is 2.68. The Morgan fingerprint density at radius 1 is 1.07 bits per heavy atom. The molecule has 2 aromatic rings. The van der Waals surface area contributed by atoms with E-state index in [4.69, 9.17) is 4.74 Å². The summed E-state index contributed by atoms with van der Waals surface area (Å²) in [5, 5.41) is 5.75. The highest BCUT2D eigenvalue weighted by Gasteiger charge is 2.17. The maximum Gasteiger partial charge on any atom is 0.253 e. The number of para-hydroxylation sites is 1. The highest BCUT2D eigenvalue weighted by atomic mass is 35.5. The van der Waals surface area contributed by atoms with Crippen LogP contribution in [0.2, 0.25) is 0 Å². The van der Waals surface area contributed by atoms with E-state index in [2.05, 4.69) is 10.6 Å². The van der Waals surface area contributed by atoms with Crippen molar-refractivity contribution in [2.45, 2.75) is 6.42 Å². The lowest BCUT2D eigenvalue weighted by Crippen LogP contribution is -2.36. The van der Waals surface area contributed by atoms with E-state index in [0.29, 0.717) is 24.2 Å². The van der Waals surface area contributed by atoms with E-state index in [1.807, 2.05) is 30.3 Å². The Morgan fingerprint density at radius 3 is 2.37 bits per heavy atom. The fraction of sp³-hybridized carbons (Fsp3) is 0.300. The fourth-order valence-electron chi connectivity index (χ4n) is 2.57. The first-order chi connectivity index (χ1) is 12.6. The normalized spacial score (nSPS) is 9.89. The van der Waals surface area contributed by atoms with Crippen molar-refractivity contribution in [3.05, 3.63) is 59.7 Å². The van der Waals surface area contributed by atoms with Crippen molar-refractivity contribution in [1.29, 1.82) is 0 Å². The van der Waals surface area contributed by atoms with E-state index in [1.165, 1.54) is 4.90 Å². The monoisotopic (exact) mass is 391 g/mol. The standard InChI is InChI=1S/C20H25N3O3.ClH/c1-21-14-19(24)23(2)18-7-5-4-6-17(18)20(25)22-13-12-15-8-10-16(26-3)11-9-15;/h4-11,21H,12-14H2,1-3H3,(H,22,25);1H. The quantitative estimate of drug-likeness (QED) is 0.724. The lowest BCUT2D eigenvalue weighted by Gasteiger charge is -2.20. The molecule has 2 N–H and O–H groups in total. The van der Waals surface area contributed by atoms with Crippen LogP contribution in [0.15, 0.2) is 48.5 Å². The molecule has 2 aromatic carbocycles. The van der Waals surface area contributed by atoms with Gasteiger partial charge in [-0.1, -0.05) is 24.3 Å². The molecule has 0 unspecified atom stereocenters. The van der Waals surface area contributed by atoms with Crippen molar-refractivity contribution in [3.8, 4) is 5.75 Å². The molecule has 2 rings (SSSR count). The van der Waals surface area contributed by atoms with Crippen LogP contribution in [-0.2, 0) is 11.2 Å². The van der Waals surface area contributed by atoms with Gasteiger partial charge in [0.15, 0.2) is 0 Å². The number of carbonyl (C=O) groups excluding carboxylic acids is 2. The van der Waals surface area contributed by atoms with Crippen LogP contribution in [0.4, 0.5) is 5.69 Å². The molecule has 27 heavy (non-hydrogen) atoms. The highest BCUT2D eigenvalue weighted by Crippen LogP contribution is 2.19. The minimum atomic E-state index is -0.196. The second kappa shape index (κ2) is 11.2. The summed E-state index contributed by atoms with van der Waals surface area (Å²) < 4.78 is 5.14. The summed E-state index contributed by atoms with van der Waals surface area (Å²) in [7, 11) is 5.01. The maximum absolute atomic E-state index is 12.6. The molecule has 2 amide bonds. The van der Waals surface area contributed by atoms with Crippen molar-refractivity contribution >= 4 is 29.9 Å². The number of benzene rings is 2. The topological polar surface area (TPSA) is 70.7 Å². The Kier molecular flexibility index (Phi) is 9.33. The van der Waals surface area contributed by atoms with Crippen LogP contribution in [0.3, 0.4) is 0 Å². The van der Waals surface area contributed by atoms with Crippen molar-refractivity contribution in [2.24, 2.45) is 0 Å². The Hall–Kier alpha value is -2.57. The number of nitrogens with zero attached hydrogens (tertiary/aromatic N) is 1. The number of halogens is 1. The Bertz CT molecular complexity index is 750. The molecule has 0 saturated carbocycles. The molecule has 0 aromatic heterocycles. The van der Waals surface area contributed by atoms with Crippen LogP contribution in [0.5, 0.6) is 5.75 Å². The molecule has 0 aliphatic rings. The van der Waals surface area contributed by atoms with Crippen LogP contribution >= 0.6 is 12.4 Å². The van der Waals surface area contributed by atoms with Crippen molar-refractivity contribution in [3.63, 3.8) is 0 Å². The van der Waals surface area contributed by atoms with Gasteiger partial charge in [0.25, 0.3) is 5.91 Å². The lowest BCUT2D eigenvalue weighted by molar-refractivity contribution is -0.117. The summed E-state index contributed by atoms with van der Waals surface area (Å²) in [6.07, 6.45) is 0.715. The summed E-state index contributed by atoms with van der Waals surface area (Å²) in [5.41, 5.74) is 2.18. The molecule has 0 heterocycles. The number of nitrogens with one attached hydrogen (secondary N) is 2. The van der Waals surface area contributed by atoms with Crippen molar-refractivity contribution in [1.82, 2.24) is 10.6 Å². The number of hydrogen-bond acceptors (Lipinski definition) is 4. The summed E-state index contributed by atoms with van der Waals surface area (Å²) >= 11 is 0. The van der Waals surface area contributed by atoms with E-state index in [0.717, 1.165) is 11.3 Å². The molecule has 0 aliphatic heterocycles. The first kappa shape index (κ1) is 22.5. The molecular formula is C20H26ClN3O3. The molecular weight excluding hydrogens is 366 g/mol. The van der Waals surface area contributed by atoms with Gasteiger partial charge in [0, 0.05) is 13.6 Å². The molecule has 0 fully saturated rings. The van der Waals surface area contributed by atoms with Gasteiger partial charge in [0.2, 0.25) is 5.91 Å². The third-order valence-corrected chi connectivity index (χ3v) is 4.07. The van der Waals surface area contributed by atoms with Crippen LogP contribution in [-0.4, -0.2) is 46.1 Å². The average molecular weight is 392 g/mol. The third-order valence-electron chi connectivity index (χ3n) is 4.07. The first-order valence-electron chi connectivity index (χ1n) is 8.48. The van der Waals surface area contributed by atoms with Gasteiger partial charge < -0.3 is 20.3 Å². The van der Waals surface area contributed by atoms with Gasteiger partial charge in [0.05, 0.1) is 24.9 Å². The predicted molar refractivity (Wildman–Crippen MR) is 110 cm³/mol. The van der Waals surface area contributed by atoms with Gasteiger partial charge >= 0.3 is 0 Å². The SMILES string of the molecule is CNCC(=O)N(C)c1ccccc1C(=O)NCCc1ccc(OC)cc1.Cl. The number of carbonyl (C=O) groups is 2. The number of amides is 2. The first-order valence-corrected chi connectivity index (χ1v) is 8.48. The molecule has 7 heteroatoms. The summed E-state index contributed by atoms with van der Waals surface area (Å²) in [6, 6.07) is 14.8. The van der Waals surface area contributed by atoms with Gasteiger partial charge in [-0.15, -0.1) is 12.4 Å². The van der Waals surface area contributed by atoms with E-state index in [1.54, 1.807) is 39.4 Å². The maximum atomic E-state index is 12.6. The molecule has 0 spiro atoms. The predicted octanol–water partition coefficient (Wildman–Crippen LogP) is 2.27. The minimum Gasteiger partial charge on any atom is -0.497 e. The summed E-state index contributed by atoms with van der Waals surface area (Å²) in [6.45, 7) is 0.720. The van der Waals surface area contributed by atoms with Crippen LogP contribution in [0, 0.1) is 0 Å². The van der Waals surface area contributed by atoms with Gasteiger partial charge in [-0.2, -0.15) is 0 Å². The lowest BCUT2D eigenvalue weighted by atomic mass is 10.1. The second-order valence-corrected chi connectivity index (χ2v) is 5.85. The number of likely N-dealkylation sites (N-methyl/N-ethyl adjacent to an activating group) is 2. The number of ether oxygens (including phenoxy) is 1. The zero-order valence-corrected chi connectivity index (χ0v) is 16.6. The molecule has 146 valence electrons. The van der Waals surface area contributed by atoms with Crippen LogP contribution in [0.1, 0.15) is 15.9 Å². The fourth-order valence-corrected chi connectivity index (χ4v) is 2.57. The van der Waals surface area contributed by atoms with E-state index < -0.39 is 0 Å². The van der Waals surface area contributed by atoms with E-state index >= 15 is 0 Å². The Morgan fingerprint density at radius 2 is 1.74 bits per heavy atom. The van der Waals surface area contributed by atoms with Crippen molar-refractivity contribution in [2.75, 3.05) is 39.2 Å². The van der Waals surface area contributed by atoms with Crippen molar-refractivity contribution < 1.29 is 14.3 Å². The minimum absolute atomic E-state index is 0. The zero-order chi connectivity index (χ0) is 18.9. The van der Waals surface area contributed by atoms with Gasteiger partial charge in [-0.05, 0) is 43.3 Å². The summed E-state index contributed by atoms with van der Waals surface area (Å²) in [5.74, 6) is 0.505. The highest BCUT2D eigenvalue weighted by molar-refractivity contribution is 6.04.